The average molecular weight is 420 g/mol. The molecule has 5 heteroatoms. The van der Waals surface area contributed by atoms with Crippen molar-refractivity contribution in [3.8, 4) is 0 Å². The molecule has 0 fully saturated rings. The van der Waals surface area contributed by atoms with Crippen LogP contribution in [0.5, 0.6) is 0 Å². The minimum atomic E-state index is -0.270. The fraction of sp³-hybridized carbons (Fsp3) is 0.280. The number of thiophene rings is 1. The Hall–Kier alpha value is -2.92. The van der Waals surface area contributed by atoms with Crippen molar-refractivity contribution in [2.75, 3.05) is 5.32 Å². The molecule has 2 aromatic carbocycles. The summed E-state index contributed by atoms with van der Waals surface area (Å²) < 4.78 is 5.51. The SMILES string of the molecule is CC[C@@H]1CCc2sc(C(=O)OCc3ccc(C(=O)Nc4ccccc4)cc3)cc2C1. The summed E-state index contributed by atoms with van der Waals surface area (Å²) in [6, 6.07) is 18.5. The first-order chi connectivity index (χ1) is 14.6. The van der Waals surface area contributed by atoms with Crippen molar-refractivity contribution in [1.82, 2.24) is 0 Å². The summed E-state index contributed by atoms with van der Waals surface area (Å²) in [7, 11) is 0. The van der Waals surface area contributed by atoms with Crippen LogP contribution in [0.2, 0.25) is 0 Å². The Labute approximate surface area is 180 Å². The van der Waals surface area contributed by atoms with Gasteiger partial charge in [0.05, 0.1) is 0 Å². The second kappa shape index (κ2) is 9.26. The van der Waals surface area contributed by atoms with Crippen molar-refractivity contribution >= 4 is 28.9 Å². The van der Waals surface area contributed by atoms with Crippen LogP contribution in [0.4, 0.5) is 5.69 Å². The molecule has 154 valence electrons. The fourth-order valence-corrected chi connectivity index (χ4v) is 4.85. The van der Waals surface area contributed by atoms with Gasteiger partial charge in [0.25, 0.3) is 5.91 Å². The van der Waals surface area contributed by atoms with Crippen molar-refractivity contribution in [2.45, 2.75) is 39.2 Å². The van der Waals surface area contributed by atoms with E-state index in [9.17, 15) is 9.59 Å². The van der Waals surface area contributed by atoms with Crippen LogP contribution in [-0.4, -0.2) is 11.9 Å². The van der Waals surface area contributed by atoms with Crippen LogP contribution in [0, 0.1) is 5.92 Å². The normalized spacial score (nSPS) is 15.3. The van der Waals surface area contributed by atoms with Crippen LogP contribution in [-0.2, 0) is 24.2 Å². The van der Waals surface area contributed by atoms with Gasteiger partial charge in [0.2, 0.25) is 0 Å². The van der Waals surface area contributed by atoms with Gasteiger partial charge in [-0.15, -0.1) is 11.3 Å². The number of anilines is 1. The average Bonchev–Trinajstić information content (AvgIpc) is 3.22. The van der Waals surface area contributed by atoms with Crippen LogP contribution in [0.15, 0.2) is 60.7 Å². The van der Waals surface area contributed by atoms with Gasteiger partial charge in [0.1, 0.15) is 11.5 Å². The minimum Gasteiger partial charge on any atom is -0.457 e. The molecule has 1 heterocycles. The number of benzene rings is 2. The van der Waals surface area contributed by atoms with Gasteiger partial charge >= 0.3 is 5.97 Å². The van der Waals surface area contributed by atoms with Crippen LogP contribution >= 0.6 is 11.3 Å². The standard InChI is InChI=1S/C25H25NO3S/c1-2-17-10-13-22-20(14-17)15-23(30-22)25(28)29-16-18-8-11-19(12-9-18)24(27)26-21-6-4-3-5-7-21/h3-9,11-12,15,17H,2,10,13-14,16H2,1H3,(H,26,27)/t17-/m1/s1. The predicted molar refractivity (Wildman–Crippen MR) is 120 cm³/mol. The highest BCUT2D eigenvalue weighted by Crippen LogP contribution is 2.33. The Morgan fingerprint density at radius 1 is 1.10 bits per heavy atom. The molecule has 0 aliphatic heterocycles. The predicted octanol–water partition coefficient (Wildman–Crippen LogP) is 5.87. The second-order valence-corrected chi connectivity index (χ2v) is 8.81. The number of hydrogen-bond donors (Lipinski definition) is 1. The molecule has 1 aliphatic carbocycles. The maximum Gasteiger partial charge on any atom is 0.348 e. The number of nitrogens with one attached hydrogen (secondary N) is 1. The summed E-state index contributed by atoms with van der Waals surface area (Å²) in [6.45, 7) is 2.42. The molecule has 1 aromatic heterocycles. The summed E-state index contributed by atoms with van der Waals surface area (Å²) in [6.07, 6.45) is 4.54. The number of aryl methyl sites for hydroxylation is 1. The van der Waals surface area contributed by atoms with Crippen LogP contribution in [0.25, 0.3) is 0 Å². The highest BCUT2D eigenvalue weighted by atomic mass is 32.1. The molecule has 0 saturated heterocycles. The molecular formula is C25H25NO3S. The Kier molecular flexibility index (Phi) is 6.29. The number of para-hydroxylation sites is 1. The van der Waals surface area contributed by atoms with E-state index >= 15 is 0 Å². The molecule has 0 bridgehead atoms. The zero-order valence-electron chi connectivity index (χ0n) is 17.0. The van der Waals surface area contributed by atoms with Gasteiger partial charge < -0.3 is 10.1 Å². The van der Waals surface area contributed by atoms with Gasteiger partial charge in [0, 0.05) is 16.1 Å². The molecule has 0 radical (unpaired) electrons. The maximum absolute atomic E-state index is 12.5. The molecule has 0 unspecified atom stereocenters. The monoisotopic (exact) mass is 419 g/mol. The molecular weight excluding hydrogens is 394 g/mol. The summed E-state index contributed by atoms with van der Waals surface area (Å²) in [5.74, 6) is 0.293. The Bertz CT molecular complexity index is 1020. The van der Waals surface area contributed by atoms with Gasteiger partial charge in [0.15, 0.2) is 0 Å². The molecule has 1 amide bonds. The van der Waals surface area contributed by atoms with Gasteiger partial charge in [-0.25, -0.2) is 4.79 Å². The number of fused-ring (bicyclic) bond motifs is 1. The van der Waals surface area contributed by atoms with E-state index in [0.29, 0.717) is 10.4 Å². The first-order valence-corrected chi connectivity index (χ1v) is 11.2. The Morgan fingerprint density at radius 2 is 1.87 bits per heavy atom. The number of hydrogen-bond acceptors (Lipinski definition) is 4. The van der Waals surface area contributed by atoms with E-state index in [0.717, 1.165) is 30.0 Å². The summed E-state index contributed by atoms with van der Waals surface area (Å²) in [5.41, 5.74) is 3.49. The molecule has 3 aromatic rings. The number of carbonyl (C=O) groups excluding carboxylic acids is 2. The number of carbonyl (C=O) groups is 2. The van der Waals surface area contributed by atoms with Crippen LogP contribution < -0.4 is 5.32 Å². The third kappa shape index (κ3) is 4.79. The lowest BCUT2D eigenvalue weighted by Crippen LogP contribution is -2.11. The molecule has 4 nitrogen and oxygen atoms in total. The largest absolute Gasteiger partial charge is 0.457 e. The van der Waals surface area contributed by atoms with E-state index in [2.05, 4.69) is 12.2 Å². The van der Waals surface area contributed by atoms with Crippen molar-refractivity contribution in [3.05, 3.63) is 87.1 Å². The lowest BCUT2D eigenvalue weighted by Gasteiger charge is -2.19. The zero-order chi connectivity index (χ0) is 20.9. The fourth-order valence-electron chi connectivity index (χ4n) is 3.75. The van der Waals surface area contributed by atoms with Crippen molar-refractivity contribution < 1.29 is 14.3 Å². The number of esters is 1. The number of ether oxygens (including phenoxy) is 1. The van der Waals surface area contributed by atoms with Gasteiger partial charge in [-0.3, -0.25) is 4.79 Å². The molecule has 1 aliphatic rings. The van der Waals surface area contributed by atoms with E-state index in [1.807, 2.05) is 48.5 Å². The molecule has 0 spiro atoms. The number of amides is 1. The first kappa shape index (κ1) is 20.4. The van der Waals surface area contributed by atoms with E-state index < -0.39 is 0 Å². The van der Waals surface area contributed by atoms with Crippen LogP contribution in [0.1, 0.15) is 55.8 Å². The van der Waals surface area contributed by atoms with E-state index in [1.54, 1.807) is 23.5 Å². The summed E-state index contributed by atoms with van der Waals surface area (Å²) >= 11 is 1.57. The van der Waals surface area contributed by atoms with Gasteiger partial charge in [-0.05, 0) is 66.6 Å². The highest BCUT2D eigenvalue weighted by Gasteiger charge is 2.22. The highest BCUT2D eigenvalue weighted by molar-refractivity contribution is 7.14. The van der Waals surface area contributed by atoms with Crippen molar-refractivity contribution in [1.29, 1.82) is 0 Å². The second-order valence-electron chi connectivity index (χ2n) is 7.67. The summed E-state index contributed by atoms with van der Waals surface area (Å²) in [5, 5.41) is 2.86. The van der Waals surface area contributed by atoms with Crippen molar-refractivity contribution in [2.24, 2.45) is 5.92 Å². The topological polar surface area (TPSA) is 55.4 Å². The lowest BCUT2D eigenvalue weighted by atomic mass is 9.87. The molecule has 30 heavy (non-hydrogen) atoms. The van der Waals surface area contributed by atoms with Gasteiger partial charge in [-0.2, -0.15) is 0 Å². The van der Waals surface area contributed by atoms with Crippen LogP contribution in [0.3, 0.4) is 0 Å². The number of rotatable bonds is 6. The maximum atomic E-state index is 12.5. The smallest absolute Gasteiger partial charge is 0.348 e. The molecule has 0 saturated carbocycles. The third-order valence-corrected chi connectivity index (χ3v) is 6.80. The lowest BCUT2D eigenvalue weighted by molar-refractivity contribution is 0.0478. The summed E-state index contributed by atoms with van der Waals surface area (Å²) in [4.78, 5) is 26.8. The van der Waals surface area contributed by atoms with E-state index in [-0.39, 0.29) is 18.5 Å². The third-order valence-electron chi connectivity index (χ3n) is 5.58. The van der Waals surface area contributed by atoms with Gasteiger partial charge in [-0.1, -0.05) is 43.7 Å². The minimum absolute atomic E-state index is 0.167. The molecule has 1 atom stereocenters. The molecule has 1 N–H and O–H groups in total. The Balaban J connectivity index is 1.32. The van der Waals surface area contributed by atoms with E-state index in [4.69, 9.17) is 4.74 Å². The quantitative estimate of drug-likeness (QED) is 0.508. The van der Waals surface area contributed by atoms with Crippen molar-refractivity contribution in [3.63, 3.8) is 0 Å². The Morgan fingerprint density at radius 3 is 2.60 bits per heavy atom. The molecule has 4 rings (SSSR count). The first-order valence-electron chi connectivity index (χ1n) is 10.4. The van der Waals surface area contributed by atoms with E-state index in [1.165, 1.54) is 23.3 Å². The zero-order valence-corrected chi connectivity index (χ0v) is 17.8.